The summed E-state index contributed by atoms with van der Waals surface area (Å²) in [7, 11) is 0. The minimum atomic E-state index is -1.93. The summed E-state index contributed by atoms with van der Waals surface area (Å²) in [5, 5.41) is 2.67. The van der Waals surface area contributed by atoms with Crippen molar-refractivity contribution >= 4 is 0 Å². The van der Waals surface area contributed by atoms with Gasteiger partial charge in [-0.1, -0.05) is 0 Å². The summed E-state index contributed by atoms with van der Waals surface area (Å²) >= 11 is 0. The molecule has 0 N–H and O–H groups in total. The summed E-state index contributed by atoms with van der Waals surface area (Å²) in [6.45, 7) is -3.85. The molecule has 7 heavy (non-hydrogen) atoms. The number of hydrogen-bond donors (Lipinski definition) is 0. The molecular weight excluding hydrogens is 92.1 g/mol. The number of rotatable bonds is 1. The van der Waals surface area contributed by atoms with Crippen LogP contribution in [-0.2, 0) is 0 Å². The quantitative estimate of drug-likeness (QED) is 0.460. The Hall–Kier alpha value is -0.600. The van der Waals surface area contributed by atoms with Gasteiger partial charge in [0.05, 0.1) is 10.8 Å². The molecule has 0 aromatic heterocycles. The Morgan fingerprint density at radius 2 is 2.14 bits per heavy atom. The lowest BCUT2D eigenvalue weighted by Crippen LogP contribution is -2.08. The first kappa shape index (κ1) is 1.73. The number of nitroso groups, excluding NO2 is 1. The summed E-state index contributed by atoms with van der Waals surface area (Å²) in [5.41, 5.74) is 0. The van der Waals surface area contributed by atoms with Gasteiger partial charge in [0.25, 0.3) is 0 Å². The lowest BCUT2D eigenvalue weighted by molar-refractivity contribution is 0.355. The van der Waals surface area contributed by atoms with E-state index in [0.29, 0.717) is 5.01 Å². The molecule has 3 heteroatoms. The van der Waals surface area contributed by atoms with Crippen LogP contribution in [0.5, 0.6) is 0 Å². The van der Waals surface area contributed by atoms with Gasteiger partial charge in [-0.05, 0) is 12.8 Å². The van der Waals surface area contributed by atoms with Gasteiger partial charge in [0.1, 0.15) is 0 Å². The van der Waals surface area contributed by atoms with Crippen molar-refractivity contribution in [1.29, 1.82) is 0 Å². The molecule has 1 aliphatic rings. The Morgan fingerprint density at radius 3 is 2.43 bits per heavy atom. The van der Waals surface area contributed by atoms with Crippen LogP contribution >= 0.6 is 0 Å². The Balaban J connectivity index is 2.88. The van der Waals surface area contributed by atoms with Crippen LogP contribution in [0.3, 0.4) is 0 Å². The van der Waals surface area contributed by atoms with Crippen molar-refractivity contribution in [3.05, 3.63) is 4.91 Å². The van der Waals surface area contributed by atoms with E-state index in [0.717, 1.165) is 0 Å². The second kappa shape index (κ2) is 1.91. The van der Waals surface area contributed by atoms with E-state index >= 15 is 0 Å². The van der Waals surface area contributed by atoms with Crippen molar-refractivity contribution < 1.29 is 5.48 Å². The summed E-state index contributed by atoms with van der Waals surface area (Å²) in [6.07, 6.45) is 0.0114. The van der Waals surface area contributed by atoms with Crippen molar-refractivity contribution in [2.75, 3.05) is 13.0 Å². The maximum atomic E-state index is 10.0. The summed E-state index contributed by atoms with van der Waals surface area (Å²) in [6, 6.07) is 0. The molecular formula is C4H8N2O. The molecule has 0 atom stereocenters. The van der Waals surface area contributed by atoms with E-state index in [1.54, 1.807) is 0 Å². The third kappa shape index (κ3) is 0.885. The highest BCUT2D eigenvalue weighted by atomic mass is 16.3. The molecule has 0 aromatic rings. The third-order valence-electron chi connectivity index (χ3n) is 0.730. The van der Waals surface area contributed by atoms with E-state index in [4.69, 9.17) is 5.48 Å². The molecule has 0 spiro atoms. The highest BCUT2D eigenvalue weighted by Gasteiger charge is 2.08. The van der Waals surface area contributed by atoms with Crippen LogP contribution in [-0.4, -0.2) is 18.0 Å². The average Bonchev–Trinajstić information content (AvgIpc) is 2.03. The summed E-state index contributed by atoms with van der Waals surface area (Å²) in [5.74, 6) is 0. The van der Waals surface area contributed by atoms with Crippen molar-refractivity contribution in [3.8, 4) is 0 Å². The second-order valence-electron chi connectivity index (χ2n) is 1.21. The van der Waals surface area contributed by atoms with Gasteiger partial charge in [0.15, 0.2) is 0 Å². The molecule has 0 aromatic carbocycles. The van der Waals surface area contributed by atoms with Crippen LogP contribution in [0.4, 0.5) is 0 Å². The van der Waals surface area contributed by atoms with Crippen molar-refractivity contribution in [3.63, 3.8) is 0 Å². The van der Waals surface area contributed by atoms with Crippen molar-refractivity contribution in [2.24, 2.45) is 5.29 Å². The average molecular weight is 104 g/mol. The molecule has 0 unspecified atom stereocenters. The van der Waals surface area contributed by atoms with Gasteiger partial charge in [-0.3, -0.25) is 5.01 Å². The Morgan fingerprint density at radius 1 is 1.57 bits per heavy atom. The molecule has 1 saturated heterocycles. The van der Waals surface area contributed by atoms with E-state index in [1.165, 1.54) is 0 Å². The van der Waals surface area contributed by atoms with Gasteiger partial charge < -0.3 is 0 Å². The lowest BCUT2D eigenvalue weighted by atomic mass is 10.4. The molecule has 0 aliphatic carbocycles. The molecule has 1 fully saturated rings. The van der Waals surface area contributed by atoms with Gasteiger partial charge in [-0.15, -0.1) is 4.91 Å². The van der Waals surface area contributed by atoms with E-state index in [2.05, 4.69) is 5.29 Å². The van der Waals surface area contributed by atoms with E-state index in [-0.39, 0.29) is 12.8 Å². The molecule has 0 amide bonds. The van der Waals surface area contributed by atoms with Crippen LogP contribution in [0.2, 0.25) is 0 Å². The molecule has 40 valence electrons. The highest BCUT2D eigenvalue weighted by molar-refractivity contribution is 4.59. The molecule has 0 bridgehead atoms. The molecule has 0 saturated carbocycles. The van der Waals surface area contributed by atoms with E-state index in [9.17, 15) is 4.91 Å². The Kier molecular flexibility index (Phi) is 0.471. The van der Waals surface area contributed by atoms with Crippen LogP contribution in [0, 0.1) is 4.91 Å². The smallest absolute Gasteiger partial charge is 0.0523 e. The van der Waals surface area contributed by atoms with E-state index in [1.807, 2.05) is 0 Å². The predicted octanol–water partition coefficient (Wildman–Crippen LogP) is 0.764. The summed E-state index contributed by atoms with van der Waals surface area (Å²) < 4.78 is 28.6. The zero-order chi connectivity index (χ0) is 8.70. The van der Waals surface area contributed by atoms with Gasteiger partial charge >= 0.3 is 0 Å². The largest absolute Gasteiger partial charge is 0.261 e. The zero-order valence-corrected chi connectivity index (χ0v) is 3.72. The lowest BCUT2D eigenvalue weighted by Gasteiger charge is -2.00. The molecule has 1 heterocycles. The highest BCUT2D eigenvalue weighted by Crippen LogP contribution is 2.05. The minimum Gasteiger partial charge on any atom is -0.261 e. The normalized spacial score (nSPS) is 43.1. The maximum Gasteiger partial charge on any atom is 0.0523 e. The second-order valence-corrected chi connectivity index (χ2v) is 1.21. The first-order valence-corrected chi connectivity index (χ1v) is 2.04. The Bertz CT molecular complexity index is 167. The topological polar surface area (TPSA) is 32.7 Å². The predicted molar refractivity (Wildman–Crippen MR) is 26.6 cm³/mol. The van der Waals surface area contributed by atoms with Gasteiger partial charge in [0, 0.05) is 13.0 Å². The van der Waals surface area contributed by atoms with Gasteiger partial charge in [0.2, 0.25) is 0 Å². The first-order valence-electron chi connectivity index (χ1n) is 4.04. The van der Waals surface area contributed by atoms with Gasteiger partial charge in [-0.25, -0.2) is 0 Å². The van der Waals surface area contributed by atoms with E-state index < -0.39 is 13.0 Å². The fourth-order valence-corrected chi connectivity index (χ4v) is 0.437. The third-order valence-corrected chi connectivity index (χ3v) is 0.730. The number of nitrogens with zero attached hydrogens (tertiary/aromatic N) is 2. The van der Waals surface area contributed by atoms with Crippen molar-refractivity contribution in [2.45, 2.75) is 12.8 Å². The fourth-order valence-electron chi connectivity index (χ4n) is 0.437. The van der Waals surface area contributed by atoms with Crippen LogP contribution in [0.1, 0.15) is 18.3 Å². The fraction of sp³-hybridized carbons (Fsp3) is 1.00. The van der Waals surface area contributed by atoms with Crippen LogP contribution in [0.25, 0.3) is 0 Å². The first-order chi connectivity index (χ1) is 4.90. The van der Waals surface area contributed by atoms with Crippen molar-refractivity contribution in [1.82, 2.24) is 5.01 Å². The Labute approximate surface area is 47.9 Å². The molecule has 3 nitrogen and oxygen atoms in total. The molecule has 1 rings (SSSR count). The standard InChI is InChI=1S/C4H8N2O/c7-5-6-3-1-2-4-6/h1-4H2/i3D2,4D2. The SMILES string of the molecule is [2H]C1([2H])CCC([2H])([2H])N1N=O. The van der Waals surface area contributed by atoms with Crippen LogP contribution in [0.15, 0.2) is 5.29 Å². The molecule has 0 radical (unpaired) electrons. The zero-order valence-electron chi connectivity index (χ0n) is 7.72. The monoisotopic (exact) mass is 104 g/mol. The summed E-state index contributed by atoms with van der Waals surface area (Å²) in [4.78, 5) is 10.0. The number of hydrogen-bond acceptors (Lipinski definition) is 2. The minimum absolute atomic E-state index is 0.00569. The maximum absolute atomic E-state index is 10.0. The van der Waals surface area contributed by atoms with Crippen LogP contribution < -0.4 is 0 Å². The molecule has 1 aliphatic heterocycles. The van der Waals surface area contributed by atoms with Gasteiger partial charge in [-0.2, -0.15) is 0 Å².